The molecule has 25 heavy (non-hydrogen) atoms. The topological polar surface area (TPSA) is 38.1 Å². The number of rotatable bonds is 2. The number of benzene rings is 1. The van der Waals surface area contributed by atoms with Gasteiger partial charge < -0.3 is 4.90 Å². The lowest BCUT2D eigenvalue weighted by atomic mass is 10.1. The van der Waals surface area contributed by atoms with E-state index in [9.17, 15) is 35.5 Å². The van der Waals surface area contributed by atoms with Gasteiger partial charge in [0.1, 0.15) is 0 Å². The number of alkyl halides is 6. The fourth-order valence-corrected chi connectivity index (χ4v) is 2.08. The summed E-state index contributed by atoms with van der Waals surface area (Å²) >= 11 is 0. The van der Waals surface area contributed by atoms with Gasteiger partial charge in [0.2, 0.25) is 5.95 Å². The van der Waals surface area contributed by atoms with Crippen molar-refractivity contribution in [2.24, 2.45) is 7.05 Å². The summed E-state index contributed by atoms with van der Waals surface area (Å²) in [5, 5.41) is 0. The Balaban J connectivity index is 2.65. The van der Waals surface area contributed by atoms with Gasteiger partial charge in [-0.05, 0) is 12.1 Å². The molecule has 0 amide bonds. The molecule has 0 radical (unpaired) electrons. The van der Waals surface area contributed by atoms with Crippen LogP contribution in [0.3, 0.4) is 0 Å². The molecular weight excluding hydrogens is 359 g/mol. The minimum Gasteiger partial charge on any atom is -0.312 e. The van der Waals surface area contributed by atoms with Crippen LogP contribution in [0.4, 0.5) is 42.4 Å². The van der Waals surface area contributed by atoms with Gasteiger partial charge in [0.05, 0.1) is 11.3 Å². The highest BCUT2D eigenvalue weighted by Gasteiger charge is 2.37. The fraction of sp³-hybridized carbons (Fsp3) is 0.286. The smallest absolute Gasteiger partial charge is 0.312 e. The SMILES string of the molecule is CN(c1cccc(C(F)(F)F)c1F)c1nc(C(F)(F)F)cc(=O)n1C. The van der Waals surface area contributed by atoms with Crippen LogP contribution in [0.25, 0.3) is 0 Å². The van der Waals surface area contributed by atoms with Crippen LogP contribution in [0.15, 0.2) is 29.1 Å². The zero-order valence-corrected chi connectivity index (χ0v) is 12.7. The summed E-state index contributed by atoms with van der Waals surface area (Å²) in [4.78, 5) is 15.5. The van der Waals surface area contributed by atoms with Crippen molar-refractivity contribution in [1.29, 1.82) is 0 Å². The van der Waals surface area contributed by atoms with E-state index in [-0.39, 0.29) is 6.07 Å². The van der Waals surface area contributed by atoms with Crippen LogP contribution in [0.2, 0.25) is 0 Å². The van der Waals surface area contributed by atoms with Gasteiger partial charge in [-0.1, -0.05) is 6.07 Å². The first-order valence-corrected chi connectivity index (χ1v) is 6.58. The van der Waals surface area contributed by atoms with Crippen molar-refractivity contribution in [1.82, 2.24) is 9.55 Å². The summed E-state index contributed by atoms with van der Waals surface area (Å²) < 4.78 is 91.6. The van der Waals surface area contributed by atoms with Gasteiger partial charge in [0.15, 0.2) is 11.5 Å². The normalized spacial score (nSPS) is 12.4. The number of nitrogens with zero attached hydrogens (tertiary/aromatic N) is 3. The van der Waals surface area contributed by atoms with E-state index < -0.39 is 46.6 Å². The Labute approximate surface area is 136 Å². The summed E-state index contributed by atoms with van der Waals surface area (Å²) in [7, 11) is 2.06. The van der Waals surface area contributed by atoms with Crippen LogP contribution in [0.1, 0.15) is 11.3 Å². The molecule has 136 valence electrons. The monoisotopic (exact) mass is 369 g/mol. The van der Waals surface area contributed by atoms with E-state index in [0.717, 1.165) is 26.2 Å². The average Bonchev–Trinajstić information content (AvgIpc) is 2.47. The van der Waals surface area contributed by atoms with Gasteiger partial charge >= 0.3 is 12.4 Å². The van der Waals surface area contributed by atoms with Gasteiger partial charge in [-0.15, -0.1) is 0 Å². The van der Waals surface area contributed by atoms with Crippen molar-refractivity contribution in [3.05, 3.63) is 51.7 Å². The Morgan fingerprint density at radius 3 is 2.20 bits per heavy atom. The Morgan fingerprint density at radius 1 is 1.08 bits per heavy atom. The van der Waals surface area contributed by atoms with E-state index in [2.05, 4.69) is 4.98 Å². The molecule has 0 saturated carbocycles. The number of aromatic nitrogens is 2. The number of hydrogen-bond donors (Lipinski definition) is 0. The molecule has 2 rings (SSSR count). The molecule has 0 atom stereocenters. The standard InChI is InChI=1S/C14H10F7N3O/c1-23(8-5-3-4-7(11(8)15)13(16,17)18)12-22-9(14(19,20)21)6-10(25)24(12)2/h3-6H,1-2H3. The van der Waals surface area contributed by atoms with Gasteiger partial charge in [0.25, 0.3) is 5.56 Å². The highest BCUT2D eigenvalue weighted by atomic mass is 19.4. The third-order valence-corrected chi connectivity index (χ3v) is 3.35. The fourth-order valence-electron chi connectivity index (χ4n) is 2.08. The molecule has 1 aromatic heterocycles. The first-order chi connectivity index (χ1) is 11.3. The second-order valence-electron chi connectivity index (χ2n) is 5.03. The summed E-state index contributed by atoms with van der Waals surface area (Å²) in [5.41, 5.74) is -4.91. The number of halogens is 7. The number of hydrogen-bond acceptors (Lipinski definition) is 3. The zero-order chi connectivity index (χ0) is 19.2. The van der Waals surface area contributed by atoms with E-state index >= 15 is 0 Å². The van der Waals surface area contributed by atoms with Crippen molar-refractivity contribution in [3.8, 4) is 0 Å². The maximum absolute atomic E-state index is 14.2. The molecule has 0 fully saturated rings. The van der Waals surface area contributed by atoms with Crippen LogP contribution in [-0.2, 0) is 19.4 Å². The first kappa shape index (κ1) is 18.7. The minimum atomic E-state index is -4.99. The molecule has 0 saturated heterocycles. The van der Waals surface area contributed by atoms with Crippen LogP contribution >= 0.6 is 0 Å². The predicted octanol–water partition coefficient (Wildman–Crippen LogP) is 3.72. The second-order valence-corrected chi connectivity index (χ2v) is 5.03. The third-order valence-electron chi connectivity index (χ3n) is 3.35. The Hall–Kier alpha value is -2.59. The summed E-state index contributed by atoms with van der Waals surface area (Å²) in [6.07, 6.45) is -9.94. The van der Waals surface area contributed by atoms with E-state index in [1.54, 1.807) is 0 Å². The molecule has 0 N–H and O–H groups in total. The molecule has 0 aliphatic carbocycles. The molecule has 0 spiro atoms. The zero-order valence-electron chi connectivity index (χ0n) is 12.7. The molecule has 0 bridgehead atoms. The molecule has 0 aliphatic rings. The van der Waals surface area contributed by atoms with Crippen molar-refractivity contribution in [2.45, 2.75) is 12.4 Å². The summed E-state index contributed by atoms with van der Waals surface area (Å²) in [6.45, 7) is 0. The molecule has 0 unspecified atom stereocenters. The highest BCUT2D eigenvalue weighted by Crippen LogP contribution is 2.36. The molecule has 4 nitrogen and oxygen atoms in total. The molecule has 2 aromatic rings. The molecule has 0 aliphatic heterocycles. The average molecular weight is 369 g/mol. The van der Waals surface area contributed by atoms with Gasteiger partial charge in [0, 0.05) is 20.2 Å². The quantitative estimate of drug-likeness (QED) is 0.758. The Kier molecular flexibility index (Phi) is 4.53. The van der Waals surface area contributed by atoms with Crippen LogP contribution in [0, 0.1) is 5.82 Å². The number of anilines is 2. The van der Waals surface area contributed by atoms with E-state index in [1.807, 2.05) is 0 Å². The maximum atomic E-state index is 14.2. The van der Waals surface area contributed by atoms with Crippen molar-refractivity contribution < 1.29 is 30.7 Å². The Morgan fingerprint density at radius 2 is 1.68 bits per heavy atom. The Bertz CT molecular complexity index is 855. The third kappa shape index (κ3) is 3.59. The van der Waals surface area contributed by atoms with Crippen molar-refractivity contribution in [3.63, 3.8) is 0 Å². The summed E-state index contributed by atoms with van der Waals surface area (Å²) in [5.74, 6) is -2.36. The van der Waals surface area contributed by atoms with Gasteiger partial charge in [-0.3, -0.25) is 9.36 Å². The largest absolute Gasteiger partial charge is 0.433 e. The first-order valence-electron chi connectivity index (χ1n) is 6.58. The van der Waals surface area contributed by atoms with Crippen LogP contribution in [-0.4, -0.2) is 16.6 Å². The lowest BCUT2D eigenvalue weighted by Crippen LogP contribution is -2.29. The molecule has 1 heterocycles. The molecular formula is C14H10F7N3O. The highest BCUT2D eigenvalue weighted by molar-refractivity contribution is 5.59. The van der Waals surface area contributed by atoms with Crippen molar-refractivity contribution >= 4 is 11.6 Å². The van der Waals surface area contributed by atoms with Gasteiger partial charge in [-0.25, -0.2) is 9.37 Å². The predicted molar refractivity (Wildman–Crippen MR) is 73.9 cm³/mol. The molecule has 11 heteroatoms. The minimum absolute atomic E-state index is 0.236. The van der Waals surface area contributed by atoms with E-state index in [0.29, 0.717) is 15.5 Å². The lowest BCUT2D eigenvalue weighted by Gasteiger charge is -2.23. The van der Waals surface area contributed by atoms with Gasteiger partial charge in [-0.2, -0.15) is 26.3 Å². The molecule has 1 aromatic carbocycles. The summed E-state index contributed by atoms with van der Waals surface area (Å²) in [6, 6.07) is 2.55. The maximum Gasteiger partial charge on any atom is 0.433 e. The van der Waals surface area contributed by atoms with E-state index in [1.165, 1.54) is 0 Å². The lowest BCUT2D eigenvalue weighted by molar-refractivity contribution is -0.141. The van der Waals surface area contributed by atoms with Crippen LogP contribution < -0.4 is 10.5 Å². The van der Waals surface area contributed by atoms with E-state index in [4.69, 9.17) is 0 Å². The van der Waals surface area contributed by atoms with Crippen molar-refractivity contribution in [2.75, 3.05) is 11.9 Å². The second kappa shape index (κ2) is 6.05. The van der Waals surface area contributed by atoms with Crippen LogP contribution in [0.5, 0.6) is 0 Å².